The van der Waals surface area contributed by atoms with Gasteiger partial charge in [0.15, 0.2) is 0 Å². The van der Waals surface area contributed by atoms with E-state index in [2.05, 4.69) is 10.2 Å². The predicted molar refractivity (Wildman–Crippen MR) is 100 cm³/mol. The van der Waals surface area contributed by atoms with Crippen molar-refractivity contribution in [1.29, 1.82) is 0 Å². The molecule has 2 aromatic rings. The Morgan fingerprint density at radius 3 is 2.75 bits per heavy atom. The molecular formula is C18H26N4OS. The van der Waals surface area contributed by atoms with E-state index < -0.39 is 0 Å². The van der Waals surface area contributed by atoms with Crippen LogP contribution in [-0.4, -0.2) is 40.6 Å². The summed E-state index contributed by atoms with van der Waals surface area (Å²) in [6.07, 6.45) is 7.20. The van der Waals surface area contributed by atoms with Gasteiger partial charge < -0.3 is 10.2 Å². The van der Waals surface area contributed by atoms with Gasteiger partial charge in [-0.1, -0.05) is 0 Å². The predicted octanol–water partition coefficient (Wildman–Crippen LogP) is 2.86. The summed E-state index contributed by atoms with van der Waals surface area (Å²) < 4.78 is 1.81. The maximum Gasteiger partial charge on any atom is 0.263 e. The van der Waals surface area contributed by atoms with Crippen molar-refractivity contribution >= 4 is 27.5 Å². The zero-order valence-electron chi connectivity index (χ0n) is 14.4. The number of aromatic nitrogens is 2. The number of rotatable bonds is 5. The van der Waals surface area contributed by atoms with Gasteiger partial charge in [-0.15, -0.1) is 11.3 Å². The van der Waals surface area contributed by atoms with Gasteiger partial charge in [0.2, 0.25) is 5.95 Å². The maximum atomic E-state index is 13.0. The highest BCUT2D eigenvalue weighted by atomic mass is 32.1. The molecule has 0 spiro atoms. The van der Waals surface area contributed by atoms with Crippen LogP contribution in [0.2, 0.25) is 0 Å². The molecule has 0 radical (unpaired) electrons. The lowest BCUT2D eigenvalue weighted by Crippen LogP contribution is -2.29. The Labute approximate surface area is 146 Å². The van der Waals surface area contributed by atoms with Gasteiger partial charge in [0, 0.05) is 24.5 Å². The molecule has 1 aliphatic heterocycles. The van der Waals surface area contributed by atoms with E-state index in [0.29, 0.717) is 6.54 Å². The fraction of sp³-hybridized carbons (Fsp3) is 0.667. The molecule has 1 fully saturated rings. The summed E-state index contributed by atoms with van der Waals surface area (Å²) in [5.74, 6) is 0.743. The van der Waals surface area contributed by atoms with E-state index in [1.54, 1.807) is 11.3 Å². The van der Waals surface area contributed by atoms with Gasteiger partial charge in [0.05, 0.1) is 5.39 Å². The highest BCUT2D eigenvalue weighted by Gasteiger charge is 2.21. The third-order valence-electron chi connectivity index (χ3n) is 5.30. The number of anilines is 1. The van der Waals surface area contributed by atoms with E-state index in [1.807, 2.05) is 11.5 Å². The molecule has 1 N–H and O–H groups in total. The van der Waals surface area contributed by atoms with Crippen molar-refractivity contribution in [2.24, 2.45) is 0 Å². The van der Waals surface area contributed by atoms with Crippen LogP contribution in [0.15, 0.2) is 4.79 Å². The van der Waals surface area contributed by atoms with Crippen molar-refractivity contribution < 1.29 is 0 Å². The average molecular weight is 347 g/mol. The van der Waals surface area contributed by atoms with E-state index >= 15 is 0 Å². The van der Waals surface area contributed by atoms with Crippen molar-refractivity contribution in [3.05, 3.63) is 20.8 Å². The molecule has 130 valence electrons. The first kappa shape index (κ1) is 16.1. The molecule has 0 amide bonds. The topological polar surface area (TPSA) is 50.2 Å². The Bertz CT molecular complexity index is 788. The number of likely N-dealkylation sites (tertiary alicyclic amines) is 1. The number of thiophene rings is 1. The highest BCUT2D eigenvalue weighted by Crippen LogP contribution is 2.34. The van der Waals surface area contributed by atoms with Gasteiger partial charge in [-0.3, -0.25) is 9.36 Å². The summed E-state index contributed by atoms with van der Waals surface area (Å²) in [7, 11) is 0. The summed E-state index contributed by atoms with van der Waals surface area (Å²) in [6.45, 7) is 6.97. The van der Waals surface area contributed by atoms with E-state index in [9.17, 15) is 4.79 Å². The van der Waals surface area contributed by atoms with Crippen molar-refractivity contribution in [2.45, 2.75) is 52.0 Å². The molecule has 0 saturated carbocycles. The van der Waals surface area contributed by atoms with Crippen LogP contribution in [0.5, 0.6) is 0 Å². The first-order valence-electron chi connectivity index (χ1n) is 9.29. The second-order valence-electron chi connectivity index (χ2n) is 6.85. The Morgan fingerprint density at radius 2 is 1.96 bits per heavy atom. The number of hydrogen-bond acceptors (Lipinski definition) is 5. The molecule has 0 aromatic carbocycles. The molecule has 3 heterocycles. The average Bonchev–Trinajstić information content (AvgIpc) is 3.22. The largest absolute Gasteiger partial charge is 0.354 e. The van der Waals surface area contributed by atoms with Gasteiger partial charge in [-0.05, 0) is 64.1 Å². The summed E-state index contributed by atoms with van der Waals surface area (Å²) >= 11 is 1.73. The zero-order chi connectivity index (χ0) is 16.5. The molecule has 2 aromatic heterocycles. The smallest absolute Gasteiger partial charge is 0.263 e. The van der Waals surface area contributed by atoms with Crippen LogP contribution in [0.3, 0.4) is 0 Å². The lowest BCUT2D eigenvalue weighted by Gasteiger charge is -2.17. The lowest BCUT2D eigenvalue weighted by atomic mass is 9.97. The molecule has 0 unspecified atom stereocenters. The number of aryl methyl sites for hydroxylation is 2. The zero-order valence-corrected chi connectivity index (χ0v) is 15.3. The van der Waals surface area contributed by atoms with Crippen LogP contribution in [-0.2, 0) is 19.4 Å². The van der Waals surface area contributed by atoms with E-state index in [4.69, 9.17) is 4.98 Å². The number of nitrogens with zero attached hydrogens (tertiary/aromatic N) is 3. The van der Waals surface area contributed by atoms with Crippen LogP contribution in [0.25, 0.3) is 10.2 Å². The van der Waals surface area contributed by atoms with Crippen LogP contribution in [0.1, 0.15) is 43.0 Å². The highest BCUT2D eigenvalue weighted by molar-refractivity contribution is 7.18. The maximum absolute atomic E-state index is 13.0. The molecule has 5 nitrogen and oxygen atoms in total. The van der Waals surface area contributed by atoms with Gasteiger partial charge in [0.25, 0.3) is 5.56 Å². The fourth-order valence-electron chi connectivity index (χ4n) is 4.00. The van der Waals surface area contributed by atoms with Crippen molar-refractivity contribution in [2.75, 3.05) is 31.5 Å². The first-order chi connectivity index (χ1) is 11.8. The molecule has 1 saturated heterocycles. The number of hydrogen-bond donors (Lipinski definition) is 1. The summed E-state index contributed by atoms with van der Waals surface area (Å²) in [4.78, 5) is 22.6. The second kappa shape index (κ2) is 6.84. The van der Waals surface area contributed by atoms with Crippen LogP contribution in [0.4, 0.5) is 5.95 Å². The third-order valence-corrected chi connectivity index (χ3v) is 6.49. The van der Waals surface area contributed by atoms with Gasteiger partial charge >= 0.3 is 0 Å². The Balaban J connectivity index is 1.63. The minimum atomic E-state index is 0.144. The van der Waals surface area contributed by atoms with Gasteiger partial charge in [-0.25, -0.2) is 4.98 Å². The Hall–Kier alpha value is -1.40. The van der Waals surface area contributed by atoms with Crippen LogP contribution in [0, 0.1) is 0 Å². The molecule has 24 heavy (non-hydrogen) atoms. The minimum Gasteiger partial charge on any atom is -0.354 e. The Morgan fingerprint density at radius 1 is 1.17 bits per heavy atom. The summed E-state index contributed by atoms with van der Waals surface area (Å²) in [5, 5.41) is 4.31. The molecule has 2 aliphatic rings. The van der Waals surface area contributed by atoms with Crippen molar-refractivity contribution in [3.8, 4) is 0 Å². The molecule has 1 aliphatic carbocycles. The van der Waals surface area contributed by atoms with Crippen molar-refractivity contribution in [3.63, 3.8) is 0 Å². The first-order valence-corrected chi connectivity index (χ1v) is 10.1. The van der Waals surface area contributed by atoms with Crippen LogP contribution >= 0.6 is 11.3 Å². The van der Waals surface area contributed by atoms with Gasteiger partial charge in [-0.2, -0.15) is 0 Å². The molecule has 6 heteroatoms. The number of nitrogens with one attached hydrogen (secondary N) is 1. The van der Waals surface area contributed by atoms with Crippen molar-refractivity contribution in [1.82, 2.24) is 14.5 Å². The molecule has 0 bridgehead atoms. The summed E-state index contributed by atoms with van der Waals surface area (Å²) in [5.41, 5.74) is 1.43. The normalized spacial score (nSPS) is 18.2. The fourth-order valence-corrected chi connectivity index (χ4v) is 5.25. The third kappa shape index (κ3) is 2.86. The van der Waals surface area contributed by atoms with E-state index in [-0.39, 0.29) is 5.56 Å². The van der Waals surface area contributed by atoms with E-state index in [1.165, 1.54) is 49.2 Å². The quantitative estimate of drug-likeness (QED) is 0.904. The molecular weight excluding hydrogens is 320 g/mol. The standard InChI is InChI=1S/C18H26N4OS/c1-2-22-17(23)15-13-7-3-4-8-14(13)24-16(15)20-18(22)19-9-12-21-10-5-6-11-21/h2-12H2,1H3,(H,19,20). The van der Waals surface area contributed by atoms with Crippen LogP contribution < -0.4 is 10.9 Å². The molecule has 4 rings (SSSR count). The molecule has 0 atom stereocenters. The monoisotopic (exact) mass is 346 g/mol. The van der Waals surface area contributed by atoms with Gasteiger partial charge in [0.1, 0.15) is 4.83 Å². The summed E-state index contributed by atoms with van der Waals surface area (Å²) in [6, 6.07) is 0. The lowest BCUT2D eigenvalue weighted by molar-refractivity contribution is 0.352. The Kier molecular flexibility index (Phi) is 4.59. The van der Waals surface area contributed by atoms with E-state index in [0.717, 1.165) is 42.1 Å². The number of fused-ring (bicyclic) bond motifs is 3. The second-order valence-corrected chi connectivity index (χ2v) is 7.94. The SMILES string of the molecule is CCn1c(NCCN2CCCC2)nc2sc3c(c2c1=O)CCCC3. The minimum absolute atomic E-state index is 0.144.